The number of nitrogens with zero attached hydrogens (tertiary/aromatic N) is 6. The summed E-state index contributed by atoms with van der Waals surface area (Å²) in [4.78, 5) is 80.4. The van der Waals surface area contributed by atoms with Crippen molar-refractivity contribution in [1.82, 2.24) is 40.3 Å². The normalized spacial score (nSPS) is 14.1. The summed E-state index contributed by atoms with van der Waals surface area (Å²) in [5.74, 6) is -0.825. The van der Waals surface area contributed by atoms with Crippen molar-refractivity contribution in [3.8, 4) is 27.8 Å². The van der Waals surface area contributed by atoms with Crippen LogP contribution in [0.3, 0.4) is 0 Å². The standard InChI is InChI=1S/C75H109N9O24S/c1-56-69(109-55-78-56)58-8-6-57(7-9-58)52-77-72(89)65-51-60(85)54-84(65)74(90)70(75(2,3)4)81-67(86)16-17-91-18-19-92-20-21-93-22-23-94-24-25-95-26-27-96-28-29-97-30-31-98-32-33-99-34-35-100-36-37-101-38-39-102-40-41-103-42-43-104-44-45-105-46-47-106-48-49-107-61-11-12-62(76-53-61)71(88)79-59-10-14-66-64(50-59)80-73(108-66)63-13-15-68(87)83(5)82-63/h6-15,50,53,55,60,65,70,85H,16-49,51-52,54H2,1-5H3,(H,77,89)(H,79,88)(H,81,86)/t60-,65+,70-/m0/s1. The van der Waals surface area contributed by atoms with Crippen LogP contribution in [-0.4, -0.2) is 301 Å². The molecule has 3 atom stereocenters. The van der Waals surface area contributed by atoms with Gasteiger partial charge in [-0.15, -0.1) is 11.3 Å². The van der Waals surface area contributed by atoms with Crippen molar-refractivity contribution in [2.24, 2.45) is 12.5 Å². The van der Waals surface area contributed by atoms with Gasteiger partial charge in [0.1, 0.15) is 41.3 Å². The van der Waals surface area contributed by atoms with E-state index in [1.54, 1.807) is 48.7 Å². The Balaban J connectivity index is 0.521. The number of nitrogens with one attached hydrogen (secondary N) is 3. The number of carbonyl (C=O) groups is 4. The van der Waals surface area contributed by atoms with Crippen LogP contribution in [-0.2, 0) is 104 Å². The molecule has 0 spiro atoms. The largest absolute Gasteiger partial charge is 0.490 e. The fourth-order valence-electron chi connectivity index (χ4n) is 10.3. The highest BCUT2D eigenvalue weighted by Crippen LogP contribution is 2.30. The van der Waals surface area contributed by atoms with Gasteiger partial charge in [-0.2, -0.15) is 5.10 Å². The lowest BCUT2D eigenvalue weighted by Gasteiger charge is -2.35. The lowest BCUT2D eigenvalue weighted by atomic mass is 9.85. The Bertz CT molecular complexity index is 3560. The second-order valence-corrected chi connectivity index (χ2v) is 26.4. The number of aliphatic hydroxyl groups is 1. The number of aliphatic hydroxyl groups excluding tert-OH is 1. The summed E-state index contributed by atoms with van der Waals surface area (Å²) in [5.41, 5.74) is 5.90. The third kappa shape index (κ3) is 35.6. The number of aryl methyl sites for hydroxylation is 2. The number of benzene rings is 2. The van der Waals surface area contributed by atoms with Gasteiger partial charge in [-0.1, -0.05) is 45.0 Å². The number of hydrogen-bond donors (Lipinski definition) is 4. The molecule has 2 aromatic carbocycles. The minimum Gasteiger partial charge on any atom is -0.490 e. The van der Waals surface area contributed by atoms with Crippen molar-refractivity contribution in [2.45, 2.75) is 65.3 Å². The molecule has 0 saturated carbocycles. The van der Waals surface area contributed by atoms with E-state index in [0.29, 0.717) is 233 Å². The van der Waals surface area contributed by atoms with Crippen molar-refractivity contribution in [2.75, 3.05) is 230 Å². The minimum atomic E-state index is -0.934. The Kier molecular flexibility index (Phi) is 42.9. The maximum Gasteiger partial charge on any atom is 0.274 e. The third-order valence-electron chi connectivity index (χ3n) is 16.1. The Labute approximate surface area is 639 Å². The van der Waals surface area contributed by atoms with Gasteiger partial charge in [0.2, 0.25) is 23.6 Å². The summed E-state index contributed by atoms with van der Waals surface area (Å²) in [5, 5.41) is 23.3. The summed E-state index contributed by atoms with van der Waals surface area (Å²) in [6.45, 7) is 21.3. The van der Waals surface area contributed by atoms with Crippen LogP contribution in [0, 0.1) is 12.3 Å². The first-order valence-electron chi connectivity index (χ1n) is 36.8. The first kappa shape index (κ1) is 88.8. The molecule has 1 aliphatic heterocycles. The van der Waals surface area contributed by atoms with Crippen LogP contribution in [0.5, 0.6) is 5.75 Å². The fourth-order valence-corrected chi connectivity index (χ4v) is 11.1. The number of ether oxygens (including phenoxy) is 17. The SMILES string of the molecule is Cc1ncsc1-c1ccc(CNC(=O)[C@H]2C[C@H](O)CN2C(=O)[C@H](NC(=O)CCOCCOCCOCCOCCOCCOCCOCCOCCOCCOCCOCCOCCOCCOCCOCCOCCOc2ccc(C(=O)Nc3ccc4oc(-c5ccc(=O)n(C)n5)nc4c3)nc2)C(C)(C)C)cc1. The lowest BCUT2D eigenvalue weighted by Crippen LogP contribution is -2.57. The van der Waals surface area contributed by atoms with E-state index in [0.717, 1.165) is 21.7 Å². The van der Waals surface area contributed by atoms with Crippen LogP contribution in [0.25, 0.3) is 33.1 Å². The van der Waals surface area contributed by atoms with Gasteiger partial charge in [0.15, 0.2) is 5.58 Å². The molecule has 33 nitrogen and oxygen atoms in total. The number of β-amino-alcohol motifs (C(OH)–C–C–N with tert-alkyl or cyclic N) is 1. The Morgan fingerprint density at radius 3 is 1.49 bits per heavy atom. The second-order valence-electron chi connectivity index (χ2n) is 25.6. The Morgan fingerprint density at radius 1 is 0.587 bits per heavy atom. The molecule has 4 aromatic heterocycles. The zero-order valence-electron chi connectivity index (χ0n) is 63.3. The molecular formula is C75H109N9O24S. The summed E-state index contributed by atoms with van der Waals surface area (Å²) in [6.07, 6.45) is 0.726. The second kappa shape index (κ2) is 52.7. The summed E-state index contributed by atoms with van der Waals surface area (Å²) in [7, 11) is 1.54. The van der Waals surface area contributed by atoms with Crippen LogP contribution in [0.1, 0.15) is 55.4 Å². The number of anilines is 1. The first-order valence-corrected chi connectivity index (χ1v) is 37.6. The highest BCUT2D eigenvalue weighted by Gasteiger charge is 2.44. The number of fused-ring (bicyclic) bond motifs is 1. The molecule has 0 bridgehead atoms. The minimum absolute atomic E-state index is 0.0104. The van der Waals surface area contributed by atoms with Crippen molar-refractivity contribution >= 4 is 51.8 Å². The van der Waals surface area contributed by atoms with Gasteiger partial charge in [0.05, 0.1) is 240 Å². The molecule has 4 amide bonds. The molecular weight excluding hydrogens is 1440 g/mol. The van der Waals surface area contributed by atoms with E-state index in [2.05, 4.69) is 36.0 Å². The topological polar surface area (TPSA) is 371 Å². The molecule has 0 aliphatic carbocycles. The van der Waals surface area contributed by atoms with Crippen LogP contribution in [0.4, 0.5) is 5.69 Å². The monoisotopic (exact) mass is 1550 g/mol. The number of oxazole rings is 1. The van der Waals surface area contributed by atoms with E-state index in [4.69, 9.17) is 84.9 Å². The summed E-state index contributed by atoms with van der Waals surface area (Å²) >= 11 is 1.57. The number of carbonyl (C=O) groups excluding carboxylic acids is 4. The van der Waals surface area contributed by atoms with E-state index in [1.165, 1.54) is 27.9 Å². The van der Waals surface area contributed by atoms with E-state index < -0.39 is 35.4 Å². The van der Waals surface area contributed by atoms with Crippen LogP contribution in [0.15, 0.2) is 87.6 Å². The van der Waals surface area contributed by atoms with Gasteiger partial charge < -0.3 is 111 Å². The number of pyridine rings is 1. The van der Waals surface area contributed by atoms with Crippen molar-refractivity contribution in [3.05, 3.63) is 106 Å². The predicted molar refractivity (Wildman–Crippen MR) is 400 cm³/mol. The average molecular weight is 1550 g/mol. The molecule has 1 aliphatic rings. The summed E-state index contributed by atoms with van der Waals surface area (Å²) < 4.78 is 102. The van der Waals surface area contributed by atoms with Gasteiger partial charge >= 0.3 is 0 Å². The maximum atomic E-state index is 14.0. The molecule has 6 aromatic rings. The zero-order valence-corrected chi connectivity index (χ0v) is 64.1. The molecule has 4 N–H and O–H groups in total. The van der Waals surface area contributed by atoms with E-state index >= 15 is 0 Å². The van der Waals surface area contributed by atoms with E-state index in [-0.39, 0.29) is 68.1 Å². The Hall–Kier alpha value is -7.43. The number of hydrogen-bond acceptors (Lipinski definition) is 29. The van der Waals surface area contributed by atoms with Crippen molar-refractivity contribution in [3.63, 3.8) is 0 Å². The lowest BCUT2D eigenvalue weighted by molar-refractivity contribution is -0.144. The highest BCUT2D eigenvalue weighted by molar-refractivity contribution is 7.13. The van der Waals surface area contributed by atoms with Crippen LogP contribution < -0.4 is 26.2 Å². The molecule has 109 heavy (non-hydrogen) atoms. The smallest absolute Gasteiger partial charge is 0.274 e. The van der Waals surface area contributed by atoms with Crippen LogP contribution in [0.2, 0.25) is 0 Å². The van der Waals surface area contributed by atoms with Gasteiger partial charge in [-0.05, 0) is 59.9 Å². The first-order chi connectivity index (χ1) is 53.1. The highest BCUT2D eigenvalue weighted by atomic mass is 32.1. The summed E-state index contributed by atoms with van der Waals surface area (Å²) in [6, 6.07) is 17.3. The number of aromatic nitrogens is 5. The number of rotatable bonds is 61. The molecule has 0 unspecified atom stereocenters. The molecule has 5 heterocycles. The third-order valence-corrected chi connectivity index (χ3v) is 17.0. The molecule has 0 radical (unpaired) electrons. The van der Waals surface area contributed by atoms with E-state index in [1.807, 2.05) is 57.5 Å². The van der Waals surface area contributed by atoms with Gasteiger partial charge in [-0.25, -0.2) is 19.6 Å². The quantitative estimate of drug-likeness (QED) is 0.0381. The predicted octanol–water partition coefficient (Wildman–Crippen LogP) is 4.51. The molecule has 1 fully saturated rings. The maximum absolute atomic E-state index is 14.0. The number of thiazole rings is 1. The molecule has 34 heteroatoms. The average Bonchev–Trinajstić information content (AvgIpc) is 1.68. The molecule has 1 saturated heterocycles. The van der Waals surface area contributed by atoms with Crippen molar-refractivity contribution < 1.29 is 109 Å². The van der Waals surface area contributed by atoms with Gasteiger partial charge in [-0.3, -0.25) is 24.0 Å². The molecule has 604 valence electrons. The van der Waals surface area contributed by atoms with Gasteiger partial charge in [0, 0.05) is 44.7 Å². The Morgan fingerprint density at radius 2 is 1.06 bits per heavy atom. The van der Waals surface area contributed by atoms with Crippen LogP contribution >= 0.6 is 11.3 Å². The zero-order chi connectivity index (χ0) is 77.4. The van der Waals surface area contributed by atoms with E-state index in [9.17, 15) is 29.1 Å². The number of amides is 4. The fraction of sp³-hybridized carbons (Fsp3) is 0.613. The van der Waals surface area contributed by atoms with Crippen molar-refractivity contribution in [1.29, 1.82) is 0 Å². The number of likely N-dealkylation sites (tertiary alicyclic amines) is 1. The van der Waals surface area contributed by atoms with Gasteiger partial charge in [0.25, 0.3) is 11.5 Å². The molecule has 7 rings (SSSR count).